The zero-order valence-electron chi connectivity index (χ0n) is 17.1. The average molecular weight is 437 g/mol. The Kier molecular flexibility index (Phi) is 4.32. The zero-order valence-corrected chi connectivity index (χ0v) is 17.1. The third-order valence-electron chi connectivity index (χ3n) is 5.52. The van der Waals surface area contributed by atoms with E-state index in [-0.39, 0.29) is 11.2 Å². The van der Waals surface area contributed by atoms with Gasteiger partial charge in [0.2, 0.25) is 0 Å². The highest BCUT2D eigenvalue weighted by Gasteiger charge is 2.22. The fourth-order valence-electron chi connectivity index (χ4n) is 3.99. The van der Waals surface area contributed by atoms with E-state index in [9.17, 15) is 10.1 Å². The van der Waals surface area contributed by atoms with Gasteiger partial charge in [0.25, 0.3) is 5.69 Å². The Morgan fingerprint density at radius 3 is 2.48 bits per heavy atom. The minimum Gasteiger partial charge on any atom is -0.486 e. The van der Waals surface area contributed by atoms with E-state index < -0.39 is 4.92 Å². The molecule has 6 rings (SSSR count). The number of benzene rings is 3. The average Bonchev–Trinajstić information content (AvgIpc) is 3.26. The molecule has 0 bridgehead atoms. The largest absolute Gasteiger partial charge is 0.486 e. The second-order valence-corrected chi connectivity index (χ2v) is 7.48. The molecule has 0 saturated carbocycles. The zero-order chi connectivity index (χ0) is 22.4. The summed E-state index contributed by atoms with van der Waals surface area (Å²) in [6.45, 7) is 0.981. The first kappa shape index (κ1) is 19.1. The molecule has 9 heteroatoms. The van der Waals surface area contributed by atoms with Crippen LogP contribution in [0.15, 0.2) is 67.0 Å². The normalized spacial score (nSPS) is 12.7. The van der Waals surface area contributed by atoms with E-state index in [0.717, 1.165) is 11.1 Å². The molecule has 33 heavy (non-hydrogen) atoms. The van der Waals surface area contributed by atoms with Crippen molar-refractivity contribution in [1.29, 1.82) is 0 Å². The van der Waals surface area contributed by atoms with Crippen LogP contribution in [0.1, 0.15) is 0 Å². The van der Waals surface area contributed by atoms with Crippen molar-refractivity contribution in [3.05, 3.63) is 77.1 Å². The van der Waals surface area contributed by atoms with Crippen LogP contribution in [-0.4, -0.2) is 38.3 Å². The first-order valence-electron chi connectivity index (χ1n) is 10.2. The number of non-ortho nitro benzene ring substituents is 1. The Hall–Kier alpha value is -4.66. The van der Waals surface area contributed by atoms with Crippen molar-refractivity contribution in [2.75, 3.05) is 13.2 Å². The number of rotatable bonds is 3. The van der Waals surface area contributed by atoms with E-state index in [1.54, 1.807) is 6.20 Å². The van der Waals surface area contributed by atoms with Crippen molar-refractivity contribution in [2.24, 2.45) is 0 Å². The van der Waals surface area contributed by atoms with Gasteiger partial charge in [0.15, 0.2) is 17.0 Å². The first-order valence-corrected chi connectivity index (χ1v) is 10.2. The summed E-state index contributed by atoms with van der Waals surface area (Å²) < 4.78 is 11.4. The van der Waals surface area contributed by atoms with Crippen LogP contribution in [0.25, 0.3) is 44.3 Å². The summed E-state index contributed by atoms with van der Waals surface area (Å²) in [6.07, 6.45) is 3.15. The van der Waals surface area contributed by atoms with Gasteiger partial charge in [0.05, 0.1) is 39.6 Å². The second kappa shape index (κ2) is 7.49. The maximum Gasteiger partial charge on any atom is 0.298 e. The summed E-state index contributed by atoms with van der Waals surface area (Å²) >= 11 is 0. The van der Waals surface area contributed by atoms with Gasteiger partial charge in [-0.1, -0.05) is 30.3 Å². The molecule has 0 saturated heterocycles. The molecule has 0 atom stereocenters. The summed E-state index contributed by atoms with van der Waals surface area (Å²) in [6, 6.07) is 16.6. The fourth-order valence-corrected chi connectivity index (χ4v) is 3.99. The van der Waals surface area contributed by atoms with Crippen molar-refractivity contribution in [2.45, 2.75) is 0 Å². The number of hydrogen-bond acceptors (Lipinski definition) is 8. The van der Waals surface area contributed by atoms with Gasteiger partial charge in [-0.2, -0.15) is 5.10 Å². The van der Waals surface area contributed by atoms with E-state index in [4.69, 9.17) is 14.5 Å². The van der Waals surface area contributed by atoms with Crippen molar-refractivity contribution >= 4 is 27.5 Å². The number of nitro groups is 1. The lowest BCUT2D eigenvalue weighted by Crippen LogP contribution is -2.15. The Morgan fingerprint density at radius 2 is 1.67 bits per heavy atom. The summed E-state index contributed by atoms with van der Waals surface area (Å²) in [5, 5.41) is 20.7. The van der Waals surface area contributed by atoms with Crippen LogP contribution in [-0.2, 0) is 0 Å². The summed E-state index contributed by atoms with van der Waals surface area (Å²) in [5.41, 5.74) is 3.35. The Balaban J connectivity index is 1.69. The number of nitrogens with zero attached hydrogens (tertiary/aromatic N) is 5. The monoisotopic (exact) mass is 437 g/mol. The molecule has 0 aliphatic carbocycles. The summed E-state index contributed by atoms with van der Waals surface area (Å²) in [5.74, 6) is 1.32. The quantitative estimate of drug-likeness (QED) is 0.298. The molecular weight excluding hydrogens is 422 g/mol. The van der Waals surface area contributed by atoms with E-state index in [2.05, 4.69) is 15.2 Å². The van der Waals surface area contributed by atoms with Crippen LogP contribution >= 0.6 is 0 Å². The van der Waals surface area contributed by atoms with Crippen molar-refractivity contribution in [3.63, 3.8) is 0 Å². The molecule has 9 nitrogen and oxygen atoms in total. The predicted octanol–water partition coefficient (Wildman–Crippen LogP) is 4.59. The highest BCUT2D eigenvalue weighted by molar-refractivity contribution is 6.11. The molecule has 5 aromatic rings. The predicted molar refractivity (Wildman–Crippen MR) is 121 cm³/mol. The molecule has 1 aliphatic rings. The minimum absolute atomic E-state index is 0.136. The van der Waals surface area contributed by atoms with Gasteiger partial charge < -0.3 is 9.47 Å². The second-order valence-electron chi connectivity index (χ2n) is 7.48. The maximum atomic E-state index is 11.8. The molecule has 2 aromatic heterocycles. The van der Waals surface area contributed by atoms with Crippen LogP contribution in [0.4, 0.5) is 5.69 Å². The van der Waals surface area contributed by atoms with Crippen molar-refractivity contribution in [3.8, 4) is 34.0 Å². The number of aromatic nitrogens is 4. The van der Waals surface area contributed by atoms with Crippen molar-refractivity contribution in [1.82, 2.24) is 20.2 Å². The Labute approximate surface area is 186 Å². The standard InChI is InChI=1S/C24H15N5O4/c30-29(31)19-11-16-22(14-4-2-1-3-5-14)27-18(13-25-23(16)17-12-26-28-24(17)19)15-6-7-20-21(10-15)33-9-8-32-20/h1-7,10-13H,8-9H2. The SMILES string of the molecule is O=[N+]([O-])c1cc2c(-c3ccccc3)nc(-c3ccc4c(c3)OCCO4)cnc2c2cnnc12. The van der Waals surface area contributed by atoms with Crippen LogP contribution in [0.3, 0.4) is 0 Å². The minimum atomic E-state index is -0.458. The summed E-state index contributed by atoms with van der Waals surface area (Å²) in [7, 11) is 0. The van der Waals surface area contributed by atoms with Gasteiger partial charge in [-0.3, -0.25) is 15.1 Å². The van der Waals surface area contributed by atoms with Gasteiger partial charge in [-0.05, 0) is 18.2 Å². The first-order chi connectivity index (χ1) is 16.2. The highest BCUT2D eigenvalue weighted by atomic mass is 16.6. The number of nitro benzene ring substituents is 1. The molecule has 0 spiro atoms. The van der Waals surface area contributed by atoms with Gasteiger partial charge in [0.1, 0.15) is 13.2 Å². The summed E-state index contributed by atoms with van der Waals surface area (Å²) in [4.78, 5) is 20.9. The van der Waals surface area contributed by atoms with Gasteiger partial charge in [-0.15, -0.1) is 5.10 Å². The van der Waals surface area contributed by atoms with Crippen LogP contribution in [0.2, 0.25) is 0 Å². The molecule has 0 unspecified atom stereocenters. The molecule has 3 aromatic carbocycles. The van der Waals surface area contributed by atoms with Gasteiger partial charge >= 0.3 is 0 Å². The smallest absolute Gasteiger partial charge is 0.298 e. The Bertz CT molecular complexity index is 1560. The Morgan fingerprint density at radius 1 is 0.848 bits per heavy atom. The van der Waals surface area contributed by atoms with Crippen LogP contribution in [0.5, 0.6) is 11.5 Å². The number of ether oxygens (including phenoxy) is 2. The molecule has 160 valence electrons. The topological polar surface area (TPSA) is 113 Å². The molecule has 1 aliphatic heterocycles. The van der Waals surface area contributed by atoms with Gasteiger partial charge in [-0.25, -0.2) is 4.98 Å². The molecule has 0 fully saturated rings. The number of fused-ring (bicyclic) bond motifs is 4. The van der Waals surface area contributed by atoms with E-state index >= 15 is 0 Å². The maximum absolute atomic E-state index is 11.8. The van der Waals surface area contributed by atoms with Crippen LogP contribution in [0, 0.1) is 10.1 Å². The van der Waals surface area contributed by atoms with Crippen molar-refractivity contribution < 1.29 is 14.4 Å². The number of hydrogen-bond donors (Lipinski definition) is 0. The molecule has 0 N–H and O–H groups in total. The molecule has 3 heterocycles. The third-order valence-corrected chi connectivity index (χ3v) is 5.52. The van der Waals surface area contributed by atoms with E-state index in [1.165, 1.54) is 12.3 Å². The molecule has 0 radical (unpaired) electrons. The van der Waals surface area contributed by atoms with Crippen LogP contribution < -0.4 is 9.47 Å². The van der Waals surface area contributed by atoms with E-state index in [1.807, 2.05) is 48.5 Å². The lowest BCUT2D eigenvalue weighted by molar-refractivity contribution is -0.383. The molecular formula is C24H15N5O4. The van der Waals surface area contributed by atoms with Gasteiger partial charge in [0, 0.05) is 22.6 Å². The highest BCUT2D eigenvalue weighted by Crippen LogP contribution is 2.37. The lowest BCUT2D eigenvalue weighted by Gasteiger charge is -2.18. The lowest BCUT2D eigenvalue weighted by atomic mass is 10.0. The molecule has 0 amide bonds. The van der Waals surface area contributed by atoms with E-state index in [0.29, 0.717) is 52.4 Å². The fraction of sp³-hybridized carbons (Fsp3) is 0.0833. The third kappa shape index (κ3) is 3.18.